The molecule has 8 nitrogen and oxygen atoms in total. The molecule has 1 aromatic carbocycles. The molecule has 160 valence electrons. The lowest BCUT2D eigenvalue weighted by molar-refractivity contribution is -0.145. The molecule has 1 spiro atoms. The quantitative estimate of drug-likeness (QED) is 0.611. The predicted molar refractivity (Wildman–Crippen MR) is 109 cm³/mol. The predicted octanol–water partition coefficient (Wildman–Crippen LogP) is 1.63. The van der Waals surface area contributed by atoms with Crippen LogP contribution >= 0.6 is 0 Å². The Bertz CT molecular complexity index is 945. The molecule has 30 heavy (non-hydrogen) atoms. The van der Waals surface area contributed by atoms with E-state index in [1.165, 1.54) is 4.90 Å². The molecule has 5 unspecified atom stereocenters. The molecule has 4 rings (SSSR count). The summed E-state index contributed by atoms with van der Waals surface area (Å²) in [5.74, 6) is -3.63. The van der Waals surface area contributed by atoms with Gasteiger partial charge in [0, 0.05) is 29.8 Å². The van der Waals surface area contributed by atoms with Crippen LogP contribution in [-0.4, -0.2) is 45.8 Å². The molecule has 8 heteroatoms. The van der Waals surface area contributed by atoms with E-state index in [2.05, 4.69) is 10.6 Å². The third-order valence-electron chi connectivity index (χ3n) is 6.95. The van der Waals surface area contributed by atoms with Crippen LogP contribution in [0, 0.1) is 11.8 Å². The Labute approximate surface area is 175 Å². The first-order chi connectivity index (χ1) is 14.3. The van der Waals surface area contributed by atoms with Crippen molar-refractivity contribution in [2.24, 2.45) is 11.8 Å². The molecule has 0 bridgehead atoms. The van der Waals surface area contributed by atoms with Crippen LogP contribution in [0.5, 0.6) is 0 Å². The molecule has 3 aliphatic rings. The summed E-state index contributed by atoms with van der Waals surface area (Å²) in [5.41, 5.74) is 0.966. The van der Waals surface area contributed by atoms with Gasteiger partial charge < -0.3 is 10.4 Å². The number of carboxylic acids is 1. The van der Waals surface area contributed by atoms with Gasteiger partial charge >= 0.3 is 5.97 Å². The second-order valence-electron chi connectivity index (χ2n) is 8.45. The number of amides is 3. The van der Waals surface area contributed by atoms with Gasteiger partial charge in [-0.3, -0.25) is 29.4 Å². The SMILES string of the molecule is CCc1cccc2c1NC(=O)C21NC(CCC(=O)O)C2C(=O)N(C(C)CC)C(=O)C21. The number of hydrogen-bond acceptors (Lipinski definition) is 5. The van der Waals surface area contributed by atoms with E-state index in [1.807, 2.05) is 39.0 Å². The number of carbonyl (C=O) groups excluding carboxylic acids is 3. The van der Waals surface area contributed by atoms with Gasteiger partial charge in [-0.2, -0.15) is 0 Å². The number of rotatable bonds is 6. The summed E-state index contributed by atoms with van der Waals surface area (Å²) in [6.45, 7) is 5.71. The van der Waals surface area contributed by atoms with Gasteiger partial charge in [0.05, 0.1) is 11.8 Å². The number of imide groups is 1. The molecule has 3 amide bonds. The Morgan fingerprint density at radius 1 is 1.23 bits per heavy atom. The van der Waals surface area contributed by atoms with E-state index in [-0.39, 0.29) is 36.6 Å². The number of anilines is 1. The van der Waals surface area contributed by atoms with Crippen LogP contribution < -0.4 is 10.6 Å². The maximum absolute atomic E-state index is 13.5. The molecule has 5 atom stereocenters. The lowest BCUT2D eigenvalue weighted by atomic mass is 9.76. The van der Waals surface area contributed by atoms with E-state index in [0.717, 1.165) is 5.56 Å². The highest BCUT2D eigenvalue weighted by atomic mass is 16.4. The number of para-hydroxylation sites is 1. The summed E-state index contributed by atoms with van der Waals surface area (Å²) >= 11 is 0. The van der Waals surface area contributed by atoms with E-state index in [0.29, 0.717) is 24.1 Å². The third-order valence-corrected chi connectivity index (χ3v) is 6.95. The fraction of sp³-hybridized carbons (Fsp3) is 0.545. The Morgan fingerprint density at radius 3 is 2.60 bits per heavy atom. The highest BCUT2D eigenvalue weighted by Gasteiger charge is 2.70. The average molecular weight is 413 g/mol. The Hall–Kier alpha value is -2.74. The van der Waals surface area contributed by atoms with Gasteiger partial charge in [-0.25, -0.2) is 0 Å². The van der Waals surface area contributed by atoms with Crippen LogP contribution in [0.25, 0.3) is 0 Å². The highest BCUT2D eigenvalue weighted by Crippen LogP contribution is 2.54. The molecular formula is C22H27N3O5. The standard InChI is InChI=1S/C22H27N3O5/c1-4-11(3)25-19(28)16-14(9-10-15(26)27)24-22(17(16)20(25)29)13-8-6-7-12(5-2)18(13)23-21(22)30/h6-8,11,14,16-17,24H,4-5,9-10H2,1-3H3,(H,23,30)(H,26,27). The lowest BCUT2D eigenvalue weighted by Gasteiger charge is -2.31. The van der Waals surface area contributed by atoms with Gasteiger partial charge in [0.1, 0.15) is 5.54 Å². The van der Waals surface area contributed by atoms with Gasteiger partial charge in [0.25, 0.3) is 0 Å². The molecule has 3 aliphatic heterocycles. The zero-order chi connectivity index (χ0) is 21.8. The first kappa shape index (κ1) is 20.5. The summed E-state index contributed by atoms with van der Waals surface area (Å²) in [4.78, 5) is 52.7. The van der Waals surface area contributed by atoms with Crippen molar-refractivity contribution in [3.63, 3.8) is 0 Å². The second-order valence-corrected chi connectivity index (χ2v) is 8.45. The summed E-state index contributed by atoms with van der Waals surface area (Å²) in [6.07, 6.45) is 1.34. The van der Waals surface area contributed by atoms with E-state index >= 15 is 0 Å². The second kappa shape index (κ2) is 7.19. The normalized spacial score (nSPS) is 30.6. The summed E-state index contributed by atoms with van der Waals surface area (Å²) in [7, 11) is 0. The number of aryl methyl sites for hydroxylation is 1. The molecule has 0 radical (unpaired) electrons. The maximum Gasteiger partial charge on any atom is 0.303 e. The number of benzene rings is 1. The minimum atomic E-state index is -1.36. The van der Waals surface area contributed by atoms with Crippen LogP contribution in [0.1, 0.15) is 51.2 Å². The molecule has 3 N–H and O–H groups in total. The zero-order valence-corrected chi connectivity index (χ0v) is 17.4. The van der Waals surface area contributed by atoms with Crippen molar-refractivity contribution in [1.82, 2.24) is 10.2 Å². The minimum absolute atomic E-state index is 0.148. The van der Waals surface area contributed by atoms with E-state index in [4.69, 9.17) is 0 Å². The van der Waals surface area contributed by atoms with Crippen molar-refractivity contribution in [2.75, 3.05) is 5.32 Å². The summed E-state index contributed by atoms with van der Waals surface area (Å²) < 4.78 is 0. The number of carboxylic acid groups (broad SMARTS) is 1. The fourth-order valence-corrected chi connectivity index (χ4v) is 5.35. The number of nitrogens with one attached hydrogen (secondary N) is 2. The first-order valence-corrected chi connectivity index (χ1v) is 10.6. The van der Waals surface area contributed by atoms with Crippen LogP contribution in [0.2, 0.25) is 0 Å². The van der Waals surface area contributed by atoms with E-state index in [9.17, 15) is 24.3 Å². The first-order valence-electron chi connectivity index (χ1n) is 10.6. The molecule has 0 saturated carbocycles. The van der Waals surface area contributed by atoms with E-state index < -0.39 is 29.4 Å². The van der Waals surface area contributed by atoms with Gasteiger partial charge in [-0.15, -0.1) is 0 Å². The average Bonchev–Trinajstić information content (AvgIpc) is 3.30. The molecule has 1 aromatic rings. The van der Waals surface area contributed by atoms with Crippen molar-refractivity contribution in [2.45, 2.75) is 64.1 Å². The number of carbonyl (C=O) groups is 4. The monoisotopic (exact) mass is 413 g/mol. The van der Waals surface area contributed by atoms with Crippen LogP contribution in [0.4, 0.5) is 5.69 Å². The topological polar surface area (TPSA) is 116 Å². The molecule has 0 aromatic heterocycles. The van der Waals surface area contributed by atoms with Crippen molar-refractivity contribution < 1.29 is 24.3 Å². The van der Waals surface area contributed by atoms with Crippen molar-refractivity contribution >= 4 is 29.4 Å². The van der Waals surface area contributed by atoms with Crippen molar-refractivity contribution in [1.29, 1.82) is 0 Å². The summed E-state index contributed by atoms with van der Waals surface area (Å²) in [6, 6.07) is 4.76. The molecule has 2 saturated heterocycles. The number of aliphatic carboxylic acids is 1. The Morgan fingerprint density at radius 2 is 1.97 bits per heavy atom. The third kappa shape index (κ3) is 2.62. The molecular weight excluding hydrogens is 386 g/mol. The Kier molecular flexibility index (Phi) is 4.92. The number of hydrogen-bond donors (Lipinski definition) is 3. The van der Waals surface area contributed by atoms with Crippen LogP contribution in [0.3, 0.4) is 0 Å². The van der Waals surface area contributed by atoms with Gasteiger partial charge in [-0.05, 0) is 31.7 Å². The highest BCUT2D eigenvalue weighted by molar-refractivity contribution is 6.15. The zero-order valence-electron chi connectivity index (χ0n) is 17.4. The summed E-state index contributed by atoms with van der Waals surface area (Å²) in [5, 5.41) is 15.4. The Balaban J connectivity index is 1.86. The van der Waals surface area contributed by atoms with Crippen LogP contribution in [0.15, 0.2) is 18.2 Å². The molecule has 3 heterocycles. The van der Waals surface area contributed by atoms with Gasteiger partial charge in [0.2, 0.25) is 17.7 Å². The van der Waals surface area contributed by atoms with Crippen molar-refractivity contribution in [3.05, 3.63) is 29.3 Å². The van der Waals surface area contributed by atoms with Crippen molar-refractivity contribution in [3.8, 4) is 0 Å². The van der Waals surface area contributed by atoms with Gasteiger partial charge in [0.15, 0.2) is 0 Å². The number of fused-ring (bicyclic) bond motifs is 4. The lowest BCUT2D eigenvalue weighted by Crippen LogP contribution is -2.54. The maximum atomic E-state index is 13.5. The molecule has 0 aliphatic carbocycles. The van der Waals surface area contributed by atoms with E-state index in [1.54, 1.807) is 0 Å². The smallest absolute Gasteiger partial charge is 0.303 e. The largest absolute Gasteiger partial charge is 0.481 e. The number of nitrogens with zero attached hydrogens (tertiary/aromatic N) is 1. The van der Waals surface area contributed by atoms with Crippen LogP contribution in [-0.2, 0) is 31.1 Å². The fourth-order valence-electron chi connectivity index (χ4n) is 5.35. The minimum Gasteiger partial charge on any atom is -0.481 e. The molecule has 2 fully saturated rings. The van der Waals surface area contributed by atoms with Gasteiger partial charge in [-0.1, -0.05) is 32.0 Å². The number of likely N-dealkylation sites (tertiary alicyclic amines) is 1.